The van der Waals surface area contributed by atoms with E-state index in [0.717, 1.165) is 27.3 Å². The van der Waals surface area contributed by atoms with Crippen LogP contribution in [0.4, 0.5) is 0 Å². The first kappa shape index (κ1) is 29.7. The number of hydrogen-bond donors (Lipinski definition) is 0. The topological polar surface area (TPSA) is 13.1 Å². The highest BCUT2D eigenvalue weighted by molar-refractivity contribution is 6.22. The molecule has 0 aliphatic rings. The Bertz CT molecular complexity index is 3170. The van der Waals surface area contributed by atoms with Crippen molar-refractivity contribution < 1.29 is 4.42 Å². The first-order chi connectivity index (χ1) is 26.3. The second-order valence-corrected chi connectivity index (χ2v) is 14.0. The van der Waals surface area contributed by atoms with Crippen molar-refractivity contribution in [3.8, 4) is 44.5 Å². The molecule has 11 rings (SSSR count). The van der Waals surface area contributed by atoms with E-state index in [0.29, 0.717) is 0 Å². The van der Waals surface area contributed by atoms with Gasteiger partial charge < -0.3 is 4.42 Å². The molecule has 0 saturated heterocycles. The lowest BCUT2D eigenvalue weighted by Crippen LogP contribution is -1.92. The Morgan fingerprint density at radius 3 is 1.36 bits per heavy atom. The predicted molar refractivity (Wildman–Crippen MR) is 225 cm³/mol. The highest BCUT2D eigenvalue weighted by Gasteiger charge is 2.19. The van der Waals surface area contributed by atoms with Gasteiger partial charge in [0, 0.05) is 16.2 Å². The van der Waals surface area contributed by atoms with Crippen LogP contribution in [0, 0.1) is 0 Å². The molecule has 10 aromatic carbocycles. The van der Waals surface area contributed by atoms with Gasteiger partial charge in [-0.15, -0.1) is 0 Å². The summed E-state index contributed by atoms with van der Waals surface area (Å²) < 4.78 is 6.44. The molecule has 0 radical (unpaired) electrons. The second kappa shape index (κ2) is 11.8. The summed E-state index contributed by atoms with van der Waals surface area (Å²) in [4.78, 5) is 0. The van der Waals surface area contributed by atoms with Crippen molar-refractivity contribution in [2.75, 3.05) is 0 Å². The van der Waals surface area contributed by atoms with Crippen LogP contribution in [0.1, 0.15) is 0 Å². The molecule has 11 aromatic rings. The molecule has 1 aromatic heterocycles. The van der Waals surface area contributed by atoms with Crippen molar-refractivity contribution in [3.63, 3.8) is 0 Å². The monoisotopic (exact) mass is 672 g/mol. The molecule has 53 heavy (non-hydrogen) atoms. The summed E-state index contributed by atoms with van der Waals surface area (Å²) in [6.07, 6.45) is 0. The molecule has 1 heterocycles. The molecular weight excluding hydrogens is 641 g/mol. The van der Waals surface area contributed by atoms with Crippen LogP contribution < -0.4 is 0 Å². The van der Waals surface area contributed by atoms with Crippen molar-refractivity contribution >= 4 is 65.0 Å². The molecule has 0 amide bonds. The third kappa shape index (κ3) is 4.64. The lowest BCUT2D eigenvalue weighted by atomic mass is 9.84. The predicted octanol–water partition coefficient (Wildman–Crippen LogP) is 14.9. The molecule has 0 saturated carbocycles. The standard InChI is InChI=1S/C52H32O/c1-2-20-38-33(14-1)15-13-28-39(38)34-16-11-18-36(30-34)50-42-23-4-6-25-44(42)51(45-26-7-5-24-43(45)50)37-19-12-17-35(31-37)47-32-48-41-22-9-10-29-49(41)53-52(48)46-27-8-3-21-40(46)47/h1-32H. The maximum atomic E-state index is 6.44. The van der Waals surface area contributed by atoms with E-state index >= 15 is 0 Å². The highest BCUT2D eigenvalue weighted by atomic mass is 16.3. The van der Waals surface area contributed by atoms with Gasteiger partial charge in [0.05, 0.1) is 0 Å². The Morgan fingerprint density at radius 2 is 0.717 bits per heavy atom. The Balaban J connectivity index is 1.14. The number of furan rings is 1. The minimum atomic E-state index is 0.916. The Labute approximate surface area is 307 Å². The molecule has 1 heteroatoms. The molecule has 246 valence electrons. The SMILES string of the molecule is c1cc(-c2cccc3ccccc23)cc(-c2c3ccccc3c(-c3cccc(-c4cc5c6ccccc6oc5c5ccccc45)c3)c3ccccc23)c1. The van der Waals surface area contributed by atoms with Crippen LogP contribution in [-0.4, -0.2) is 0 Å². The average molecular weight is 673 g/mol. The Kier molecular flexibility index (Phi) is 6.62. The molecule has 0 atom stereocenters. The summed E-state index contributed by atoms with van der Waals surface area (Å²) in [5.41, 5.74) is 11.7. The van der Waals surface area contributed by atoms with E-state index in [1.807, 2.05) is 6.07 Å². The number of hydrogen-bond acceptors (Lipinski definition) is 1. The first-order valence-corrected chi connectivity index (χ1v) is 18.3. The van der Waals surface area contributed by atoms with E-state index in [1.54, 1.807) is 0 Å². The largest absolute Gasteiger partial charge is 0.455 e. The third-order valence-corrected chi connectivity index (χ3v) is 11.0. The maximum absolute atomic E-state index is 6.44. The van der Waals surface area contributed by atoms with Crippen LogP contribution in [0.3, 0.4) is 0 Å². The molecule has 0 aliphatic heterocycles. The molecule has 1 nitrogen and oxygen atoms in total. The normalized spacial score (nSPS) is 11.8. The van der Waals surface area contributed by atoms with E-state index in [4.69, 9.17) is 4.42 Å². The Morgan fingerprint density at radius 1 is 0.264 bits per heavy atom. The minimum Gasteiger partial charge on any atom is -0.455 e. The third-order valence-electron chi connectivity index (χ3n) is 11.0. The van der Waals surface area contributed by atoms with Gasteiger partial charge in [0.15, 0.2) is 0 Å². The van der Waals surface area contributed by atoms with Crippen molar-refractivity contribution in [2.45, 2.75) is 0 Å². The van der Waals surface area contributed by atoms with Crippen LogP contribution in [-0.2, 0) is 0 Å². The van der Waals surface area contributed by atoms with Crippen LogP contribution >= 0.6 is 0 Å². The fourth-order valence-corrected chi connectivity index (χ4v) is 8.70. The van der Waals surface area contributed by atoms with Crippen LogP contribution in [0.15, 0.2) is 199 Å². The summed E-state index contributed by atoms with van der Waals surface area (Å²) in [6, 6.07) is 70.6. The van der Waals surface area contributed by atoms with Crippen molar-refractivity contribution in [2.24, 2.45) is 0 Å². The molecule has 0 fully saturated rings. The van der Waals surface area contributed by atoms with Crippen molar-refractivity contribution in [3.05, 3.63) is 194 Å². The van der Waals surface area contributed by atoms with Crippen molar-refractivity contribution in [1.82, 2.24) is 0 Å². The van der Waals surface area contributed by atoms with Gasteiger partial charge in [-0.1, -0.05) is 170 Å². The summed E-state index contributed by atoms with van der Waals surface area (Å²) in [6.45, 7) is 0. The quantitative estimate of drug-likeness (QED) is 0.170. The van der Waals surface area contributed by atoms with E-state index in [-0.39, 0.29) is 0 Å². The van der Waals surface area contributed by atoms with Crippen LogP contribution in [0.25, 0.3) is 110 Å². The van der Waals surface area contributed by atoms with Gasteiger partial charge in [0.2, 0.25) is 0 Å². The van der Waals surface area contributed by atoms with Gasteiger partial charge >= 0.3 is 0 Å². The molecule has 0 N–H and O–H groups in total. The number of fused-ring (bicyclic) bond motifs is 8. The molecular formula is C52H32O. The van der Waals surface area contributed by atoms with Crippen LogP contribution in [0.5, 0.6) is 0 Å². The lowest BCUT2D eigenvalue weighted by Gasteiger charge is -2.19. The van der Waals surface area contributed by atoms with E-state index in [1.165, 1.54) is 82.2 Å². The fraction of sp³-hybridized carbons (Fsp3) is 0. The summed E-state index contributed by atoms with van der Waals surface area (Å²) in [5, 5.41) is 12.1. The zero-order chi connectivity index (χ0) is 34.9. The van der Waals surface area contributed by atoms with Gasteiger partial charge in [-0.25, -0.2) is 0 Å². The van der Waals surface area contributed by atoms with Crippen LogP contribution in [0.2, 0.25) is 0 Å². The highest BCUT2D eigenvalue weighted by Crippen LogP contribution is 2.46. The second-order valence-electron chi connectivity index (χ2n) is 14.0. The zero-order valence-electron chi connectivity index (χ0n) is 28.9. The first-order valence-electron chi connectivity index (χ1n) is 18.3. The zero-order valence-corrected chi connectivity index (χ0v) is 28.9. The van der Waals surface area contributed by atoms with Gasteiger partial charge in [-0.3, -0.25) is 0 Å². The molecule has 0 unspecified atom stereocenters. The van der Waals surface area contributed by atoms with Crippen molar-refractivity contribution in [1.29, 1.82) is 0 Å². The summed E-state index contributed by atoms with van der Waals surface area (Å²) >= 11 is 0. The maximum Gasteiger partial charge on any atom is 0.143 e. The van der Waals surface area contributed by atoms with Gasteiger partial charge in [0.1, 0.15) is 11.2 Å². The average Bonchev–Trinajstić information content (AvgIpc) is 3.61. The number of rotatable bonds is 4. The smallest absolute Gasteiger partial charge is 0.143 e. The van der Waals surface area contributed by atoms with E-state index < -0.39 is 0 Å². The summed E-state index contributed by atoms with van der Waals surface area (Å²) in [7, 11) is 0. The fourth-order valence-electron chi connectivity index (χ4n) is 8.70. The van der Waals surface area contributed by atoms with Gasteiger partial charge in [-0.05, 0) is 106 Å². The summed E-state index contributed by atoms with van der Waals surface area (Å²) in [5.74, 6) is 0. The number of para-hydroxylation sites is 1. The van der Waals surface area contributed by atoms with Gasteiger partial charge in [0.25, 0.3) is 0 Å². The Hall–Kier alpha value is -6.96. The number of benzene rings is 10. The van der Waals surface area contributed by atoms with Gasteiger partial charge in [-0.2, -0.15) is 0 Å². The molecule has 0 bridgehead atoms. The molecule has 0 spiro atoms. The molecule has 0 aliphatic carbocycles. The van der Waals surface area contributed by atoms with E-state index in [2.05, 4.69) is 188 Å². The lowest BCUT2D eigenvalue weighted by molar-refractivity contribution is 0.672. The minimum absolute atomic E-state index is 0.916. The van der Waals surface area contributed by atoms with E-state index in [9.17, 15) is 0 Å².